The number of nitrogens with zero attached hydrogens (tertiary/aromatic N) is 1. The highest BCUT2D eigenvalue weighted by atomic mass is 19.4. The van der Waals surface area contributed by atoms with Crippen LogP contribution in [-0.4, -0.2) is 41.8 Å². The van der Waals surface area contributed by atoms with Gasteiger partial charge >= 0.3 is 12.1 Å². The van der Waals surface area contributed by atoms with Gasteiger partial charge in [-0.1, -0.05) is 37.3 Å². The molecule has 7 heteroatoms. The van der Waals surface area contributed by atoms with E-state index in [1.807, 2.05) is 0 Å². The van der Waals surface area contributed by atoms with Gasteiger partial charge in [0.1, 0.15) is 0 Å². The molecule has 21 heavy (non-hydrogen) atoms. The maximum atomic E-state index is 12.6. The van der Waals surface area contributed by atoms with Crippen LogP contribution in [-0.2, 0) is 10.3 Å². The average molecular weight is 304 g/mol. The Bertz CT molecular complexity index is 465. The van der Waals surface area contributed by atoms with Gasteiger partial charge in [-0.3, -0.25) is 4.90 Å². The van der Waals surface area contributed by atoms with Gasteiger partial charge < -0.3 is 10.8 Å². The zero-order chi connectivity index (χ0) is 16.1. The smallest absolute Gasteiger partial charge is 0.401 e. The first-order chi connectivity index (χ1) is 9.69. The van der Waals surface area contributed by atoms with E-state index in [2.05, 4.69) is 0 Å². The summed E-state index contributed by atoms with van der Waals surface area (Å²) in [7, 11) is 0. The Morgan fingerprint density at radius 1 is 1.24 bits per heavy atom. The molecule has 1 aromatic carbocycles. The van der Waals surface area contributed by atoms with Crippen molar-refractivity contribution in [2.45, 2.75) is 25.1 Å². The molecule has 0 heterocycles. The number of aliphatic carboxylic acids is 1. The van der Waals surface area contributed by atoms with Gasteiger partial charge in [0.15, 0.2) is 5.54 Å². The number of alkyl halides is 3. The van der Waals surface area contributed by atoms with E-state index in [1.54, 1.807) is 25.1 Å². The van der Waals surface area contributed by atoms with E-state index in [0.29, 0.717) is 6.42 Å². The van der Waals surface area contributed by atoms with E-state index in [-0.39, 0.29) is 12.1 Å². The summed E-state index contributed by atoms with van der Waals surface area (Å²) in [5, 5.41) is 9.37. The molecular formula is C14H19F3N2O2. The SMILES string of the molecule is CCCN(CC(F)(F)F)CC(N)(C(=O)O)c1ccccc1. The van der Waals surface area contributed by atoms with Gasteiger partial charge in [0.25, 0.3) is 0 Å². The summed E-state index contributed by atoms with van der Waals surface area (Å²) in [6.45, 7) is 0.267. The molecule has 0 aliphatic heterocycles. The molecule has 118 valence electrons. The minimum atomic E-state index is -4.40. The first-order valence-electron chi connectivity index (χ1n) is 6.56. The normalized spacial score (nSPS) is 15.0. The van der Waals surface area contributed by atoms with E-state index in [9.17, 15) is 23.1 Å². The van der Waals surface area contributed by atoms with Crippen molar-refractivity contribution in [2.24, 2.45) is 5.73 Å². The Balaban J connectivity index is 3.02. The lowest BCUT2D eigenvalue weighted by molar-refractivity contribution is -0.155. The number of nitrogens with two attached hydrogens (primary N) is 1. The molecule has 0 aliphatic carbocycles. The summed E-state index contributed by atoms with van der Waals surface area (Å²) in [6, 6.07) is 7.91. The molecule has 0 aliphatic rings. The average Bonchev–Trinajstić information content (AvgIpc) is 2.37. The largest absolute Gasteiger partial charge is 0.480 e. The molecule has 0 radical (unpaired) electrons. The molecule has 3 N–H and O–H groups in total. The second-order valence-electron chi connectivity index (χ2n) is 4.97. The van der Waals surface area contributed by atoms with Crippen LogP contribution in [0.4, 0.5) is 13.2 Å². The molecule has 0 saturated heterocycles. The topological polar surface area (TPSA) is 66.6 Å². The van der Waals surface area contributed by atoms with Gasteiger partial charge in [-0.25, -0.2) is 4.79 Å². The fourth-order valence-electron chi connectivity index (χ4n) is 2.15. The van der Waals surface area contributed by atoms with E-state index in [4.69, 9.17) is 5.73 Å². The van der Waals surface area contributed by atoms with Crippen molar-refractivity contribution in [3.05, 3.63) is 35.9 Å². The Morgan fingerprint density at radius 2 is 1.81 bits per heavy atom. The van der Waals surface area contributed by atoms with Gasteiger partial charge in [-0.2, -0.15) is 13.2 Å². The number of carboxylic acids is 1. The zero-order valence-electron chi connectivity index (χ0n) is 11.7. The number of halogens is 3. The fourth-order valence-corrected chi connectivity index (χ4v) is 2.15. The van der Waals surface area contributed by atoms with Crippen molar-refractivity contribution in [1.82, 2.24) is 4.90 Å². The van der Waals surface area contributed by atoms with Crippen molar-refractivity contribution in [3.63, 3.8) is 0 Å². The third kappa shape index (κ3) is 5.02. The quantitative estimate of drug-likeness (QED) is 0.810. The van der Waals surface area contributed by atoms with Crippen LogP contribution < -0.4 is 5.73 Å². The molecule has 0 spiro atoms. The Hall–Kier alpha value is -1.60. The zero-order valence-corrected chi connectivity index (χ0v) is 11.7. The van der Waals surface area contributed by atoms with Crippen LogP contribution in [0.5, 0.6) is 0 Å². The molecule has 1 aromatic rings. The fraction of sp³-hybridized carbons (Fsp3) is 0.500. The van der Waals surface area contributed by atoms with Gasteiger partial charge in [0, 0.05) is 6.54 Å². The van der Waals surface area contributed by atoms with Gasteiger partial charge in [0.05, 0.1) is 6.54 Å². The lowest BCUT2D eigenvalue weighted by atomic mass is 9.90. The number of carbonyl (C=O) groups is 1. The van der Waals surface area contributed by atoms with E-state index in [1.165, 1.54) is 12.1 Å². The highest BCUT2D eigenvalue weighted by Gasteiger charge is 2.40. The number of carboxylic acid groups (broad SMARTS) is 1. The van der Waals surface area contributed by atoms with Crippen molar-refractivity contribution < 1.29 is 23.1 Å². The summed E-state index contributed by atoms with van der Waals surface area (Å²) >= 11 is 0. The number of benzene rings is 1. The van der Waals surface area contributed by atoms with E-state index in [0.717, 1.165) is 4.90 Å². The number of hydrogen-bond donors (Lipinski definition) is 2. The standard InChI is InChI=1S/C14H19F3N2O2/c1-2-8-19(10-14(15,16)17)9-13(18,12(20)21)11-6-4-3-5-7-11/h3-7H,2,8-10,18H2,1H3,(H,20,21). The molecule has 1 rings (SSSR count). The molecule has 0 aromatic heterocycles. The monoisotopic (exact) mass is 304 g/mol. The van der Waals surface area contributed by atoms with Crippen LogP contribution in [0.15, 0.2) is 30.3 Å². The minimum Gasteiger partial charge on any atom is -0.480 e. The van der Waals surface area contributed by atoms with Crippen LogP contribution in [0, 0.1) is 0 Å². The Labute approximate surface area is 121 Å². The molecular weight excluding hydrogens is 285 g/mol. The number of hydrogen-bond acceptors (Lipinski definition) is 3. The predicted octanol–water partition coefficient (Wildman–Crippen LogP) is 2.20. The molecule has 0 fully saturated rings. The van der Waals surface area contributed by atoms with Crippen LogP contribution in [0.1, 0.15) is 18.9 Å². The maximum absolute atomic E-state index is 12.6. The van der Waals surface area contributed by atoms with Crippen LogP contribution >= 0.6 is 0 Å². The summed E-state index contributed by atoms with van der Waals surface area (Å²) in [4.78, 5) is 12.5. The van der Waals surface area contributed by atoms with Gasteiger partial charge in [-0.05, 0) is 18.5 Å². The summed E-state index contributed by atoms with van der Waals surface area (Å²) in [5.74, 6) is -1.35. The lowest BCUT2D eigenvalue weighted by Gasteiger charge is -2.32. The highest BCUT2D eigenvalue weighted by molar-refractivity contribution is 5.80. The Kier molecular flexibility index (Phi) is 5.74. The van der Waals surface area contributed by atoms with Crippen molar-refractivity contribution in [3.8, 4) is 0 Å². The van der Waals surface area contributed by atoms with Crippen LogP contribution in [0.2, 0.25) is 0 Å². The van der Waals surface area contributed by atoms with E-state index >= 15 is 0 Å². The Morgan fingerprint density at radius 3 is 2.24 bits per heavy atom. The molecule has 0 amide bonds. The second-order valence-corrected chi connectivity index (χ2v) is 4.97. The van der Waals surface area contributed by atoms with Crippen molar-refractivity contribution >= 4 is 5.97 Å². The lowest BCUT2D eigenvalue weighted by Crippen LogP contribution is -2.55. The van der Waals surface area contributed by atoms with Crippen LogP contribution in [0.25, 0.3) is 0 Å². The number of rotatable bonds is 7. The van der Waals surface area contributed by atoms with Crippen molar-refractivity contribution in [1.29, 1.82) is 0 Å². The van der Waals surface area contributed by atoms with Gasteiger partial charge in [0.2, 0.25) is 0 Å². The minimum absolute atomic E-state index is 0.124. The maximum Gasteiger partial charge on any atom is 0.401 e. The summed E-state index contributed by atoms with van der Waals surface area (Å²) in [6.07, 6.45) is -3.92. The molecule has 4 nitrogen and oxygen atoms in total. The van der Waals surface area contributed by atoms with Crippen molar-refractivity contribution in [2.75, 3.05) is 19.6 Å². The third-order valence-corrected chi connectivity index (χ3v) is 3.09. The second kappa shape index (κ2) is 6.91. The summed E-state index contributed by atoms with van der Waals surface area (Å²) in [5.41, 5.74) is 4.31. The van der Waals surface area contributed by atoms with Crippen LogP contribution in [0.3, 0.4) is 0 Å². The highest BCUT2D eigenvalue weighted by Crippen LogP contribution is 2.23. The summed E-state index contributed by atoms with van der Waals surface area (Å²) < 4.78 is 37.7. The molecule has 1 unspecified atom stereocenters. The predicted molar refractivity (Wildman–Crippen MR) is 72.7 cm³/mol. The molecule has 0 bridgehead atoms. The molecule has 0 saturated carbocycles. The first-order valence-corrected chi connectivity index (χ1v) is 6.56. The van der Waals surface area contributed by atoms with E-state index < -0.39 is 30.8 Å². The third-order valence-electron chi connectivity index (χ3n) is 3.09. The van der Waals surface area contributed by atoms with Gasteiger partial charge in [-0.15, -0.1) is 0 Å². The molecule has 1 atom stereocenters. The first kappa shape index (κ1) is 17.5.